The molecule has 0 atom stereocenters. The zero-order valence-corrected chi connectivity index (χ0v) is 13.7. The molecule has 0 N–H and O–H groups in total. The summed E-state index contributed by atoms with van der Waals surface area (Å²) >= 11 is 0. The molecule has 0 unspecified atom stereocenters. The van der Waals surface area contributed by atoms with Crippen LogP contribution in [0.2, 0.25) is 0 Å². The lowest BCUT2D eigenvalue weighted by Gasteiger charge is -2.09. The standard InChI is InChI=1S/C17H13F4N3O3/c18-13(19)9-26-12-3-1-2-10(6-12)8-24-5-4-11(7-14(24)25)16-22-23-17(27-16)15(20)21/h1-7,13,15H,8-9H2. The Morgan fingerprint density at radius 3 is 2.59 bits per heavy atom. The summed E-state index contributed by atoms with van der Waals surface area (Å²) < 4.78 is 60.5. The summed E-state index contributed by atoms with van der Waals surface area (Å²) in [4.78, 5) is 12.3. The van der Waals surface area contributed by atoms with Crippen LogP contribution in [-0.2, 0) is 6.54 Å². The molecule has 27 heavy (non-hydrogen) atoms. The number of halogens is 4. The van der Waals surface area contributed by atoms with E-state index in [1.165, 1.54) is 29.0 Å². The molecule has 6 nitrogen and oxygen atoms in total. The Labute approximate surface area is 150 Å². The first-order chi connectivity index (χ1) is 12.9. The number of hydrogen-bond donors (Lipinski definition) is 0. The number of benzene rings is 1. The lowest BCUT2D eigenvalue weighted by Crippen LogP contribution is -2.19. The lowest BCUT2D eigenvalue weighted by atomic mass is 10.2. The zero-order chi connectivity index (χ0) is 19.4. The van der Waals surface area contributed by atoms with Crippen LogP contribution in [0, 0.1) is 0 Å². The molecule has 2 heterocycles. The molecule has 2 aromatic heterocycles. The molecule has 1 aromatic carbocycles. The Morgan fingerprint density at radius 1 is 1.11 bits per heavy atom. The van der Waals surface area contributed by atoms with E-state index in [2.05, 4.69) is 10.2 Å². The lowest BCUT2D eigenvalue weighted by molar-refractivity contribution is 0.0818. The molecule has 0 bridgehead atoms. The third-order valence-electron chi connectivity index (χ3n) is 3.50. The molecule has 3 aromatic rings. The molecular weight excluding hydrogens is 370 g/mol. The summed E-state index contributed by atoms with van der Waals surface area (Å²) in [6.45, 7) is -0.556. The summed E-state index contributed by atoms with van der Waals surface area (Å²) in [5.41, 5.74) is 0.447. The second kappa shape index (κ2) is 8.02. The molecular formula is C17H13F4N3O3. The van der Waals surface area contributed by atoms with E-state index in [0.717, 1.165) is 0 Å². The van der Waals surface area contributed by atoms with Crippen LogP contribution in [0.3, 0.4) is 0 Å². The van der Waals surface area contributed by atoms with E-state index < -0.39 is 30.9 Å². The molecule has 0 aliphatic rings. The molecule has 142 valence electrons. The van der Waals surface area contributed by atoms with Crippen molar-refractivity contribution in [3.05, 3.63) is 64.4 Å². The van der Waals surface area contributed by atoms with Crippen molar-refractivity contribution in [3.8, 4) is 17.2 Å². The van der Waals surface area contributed by atoms with Gasteiger partial charge in [0.2, 0.25) is 5.89 Å². The third-order valence-corrected chi connectivity index (χ3v) is 3.50. The monoisotopic (exact) mass is 383 g/mol. The number of rotatable bonds is 7. The average molecular weight is 383 g/mol. The quantitative estimate of drug-likeness (QED) is 0.584. The minimum atomic E-state index is -2.90. The van der Waals surface area contributed by atoms with Gasteiger partial charge in [0.15, 0.2) is 0 Å². The Kier molecular flexibility index (Phi) is 5.53. The number of ether oxygens (including phenoxy) is 1. The van der Waals surface area contributed by atoms with Crippen LogP contribution < -0.4 is 10.3 Å². The fourth-order valence-electron chi connectivity index (χ4n) is 2.30. The Balaban J connectivity index is 1.76. The highest BCUT2D eigenvalue weighted by Crippen LogP contribution is 2.22. The van der Waals surface area contributed by atoms with Gasteiger partial charge in [0.05, 0.1) is 6.54 Å². The van der Waals surface area contributed by atoms with Gasteiger partial charge in [-0.25, -0.2) is 8.78 Å². The fraction of sp³-hybridized carbons (Fsp3) is 0.235. The average Bonchev–Trinajstić information content (AvgIpc) is 3.12. The van der Waals surface area contributed by atoms with E-state index >= 15 is 0 Å². The van der Waals surface area contributed by atoms with Crippen LogP contribution >= 0.6 is 0 Å². The number of pyridine rings is 1. The van der Waals surface area contributed by atoms with Gasteiger partial charge in [0, 0.05) is 17.8 Å². The molecule has 0 aliphatic heterocycles. The molecule has 3 rings (SSSR count). The maximum absolute atomic E-state index is 12.5. The number of alkyl halides is 4. The van der Waals surface area contributed by atoms with E-state index in [9.17, 15) is 22.4 Å². The summed E-state index contributed by atoms with van der Waals surface area (Å²) in [5.74, 6) is -0.741. The van der Waals surface area contributed by atoms with Gasteiger partial charge >= 0.3 is 6.43 Å². The van der Waals surface area contributed by atoms with Crippen LogP contribution in [0.5, 0.6) is 5.75 Å². The molecule has 0 amide bonds. The van der Waals surface area contributed by atoms with Crippen LogP contribution in [0.25, 0.3) is 11.5 Å². The van der Waals surface area contributed by atoms with Crippen molar-refractivity contribution in [1.82, 2.24) is 14.8 Å². The first-order valence-corrected chi connectivity index (χ1v) is 7.74. The Bertz CT molecular complexity index is 972. The van der Waals surface area contributed by atoms with E-state index in [4.69, 9.17) is 9.15 Å². The largest absolute Gasteiger partial charge is 0.488 e. The van der Waals surface area contributed by atoms with Gasteiger partial charge < -0.3 is 13.7 Å². The summed E-state index contributed by atoms with van der Waals surface area (Å²) in [6, 6.07) is 9.08. The summed E-state index contributed by atoms with van der Waals surface area (Å²) in [7, 11) is 0. The third kappa shape index (κ3) is 4.72. The highest BCUT2D eigenvalue weighted by molar-refractivity contribution is 5.51. The molecule has 0 saturated heterocycles. The highest BCUT2D eigenvalue weighted by atomic mass is 19.3. The van der Waals surface area contributed by atoms with Gasteiger partial charge in [-0.05, 0) is 23.8 Å². The summed E-state index contributed by atoms with van der Waals surface area (Å²) in [6.07, 6.45) is -4.04. The SMILES string of the molecule is O=c1cc(-c2nnc(C(F)F)o2)ccn1Cc1cccc(OCC(F)F)c1. The Hall–Kier alpha value is -3.17. The fourth-order valence-corrected chi connectivity index (χ4v) is 2.30. The Morgan fingerprint density at radius 2 is 1.93 bits per heavy atom. The number of hydrogen-bond acceptors (Lipinski definition) is 5. The van der Waals surface area contributed by atoms with Crippen LogP contribution in [0.1, 0.15) is 17.9 Å². The van der Waals surface area contributed by atoms with Gasteiger partial charge in [-0.15, -0.1) is 10.2 Å². The van der Waals surface area contributed by atoms with Crippen molar-refractivity contribution in [2.45, 2.75) is 19.4 Å². The highest BCUT2D eigenvalue weighted by Gasteiger charge is 2.17. The van der Waals surface area contributed by atoms with Gasteiger partial charge in [0.25, 0.3) is 17.9 Å². The molecule has 0 aliphatic carbocycles. The second-order valence-corrected chi connectivity index (χ2v) is 5.48. The van der Waals surface area contributed by atoms with Gasteiger partial charge in [-0.1, -0.05) is 12.1 Å². The molecule has 0 radical (unpaired) electrons. The normalized spacial score (nSPS) is 11.3. The van der Waals surface area contributed by atoms with E-state index in [-0.39, 0.29) is 23.7 Å². The van der Waals surface area contributed by atoms with Gasteiger partial charge in [-0.2, -0.15) is 8.78 Å². The second-order valence-electron chi connectivity index (χ2n) is 5.48. The minimum Gasteiger partial charge on any atom is -0.488 e. The maximum atomic E-state index is 12.5. The maximum Gasteiger partial charge on any atom is 0.314 e. The van der Waals surface area contributed by atoms with Gasteiger partial charge in [0.1, 0.15) is 12.4 Å². The van der Waals surface area contributed by atoms with Crippen LogP contribution in [0.4, 0.5) is 17.6 Å². The van der Waals surface area contributed by atoms with E-state index in [1.54, 1.807) is 18.2 Å². The van der Waals surface area contributed by atoms with Crippen molar-refractivity contribution < 1.29 is 26.7 Å². The molecule has 0 spiro atoms. The smallest absolute Gasteiger partial charge is 0.314 e. The van der Waals surface area contributed by atoms with Crippen molar-refractivity contribution in [3.63, 3.8) is 0 Å². The minimum absolute atomic E-state index is 0.164. The van der Waals surface area contributed by atoms with Crippen LogP contribution in [0.15, 0.2) is 51.8 Å². The van der Waals surface area contributed by atoms with Crippen molar-refractivity contribution in [2.24, 2.45) is 0 Å². The van der Waals surface area contributed by atoms with Gasteiger partial charge in [-0.3, -0.25) is 4.79 Å². The van der Waals surface area contributed by atoms with Crippen molar-refractivity contribution in [2.75, 3.05) is 6.61 Å². The number of nitrogens with zero attached hydrogens (tertiary/aromatic N) is 3. The predicted molar refractivity (Wildman–Crippen MR) is 86.0 cm³/mol. The molecule has 10 heteroatoms. The van der Waals surface area contributed by atoms with Crippen LogP contribution in [-0.4, -0.2) is 27.8 Å². The van der Waals surface area contributed by atoms with Crippen molar-refractivity contribution in [1.29, 1.82) is 0 Å². The zero-order valence-electron chi connectivity index (χ0n) is 13.7. The summed E-state index contributed by atoms with van der Waals surface area (Å²) in [5, 5.41) is 6.69. The first-order valence-electron chi connectivity index (χ1n) is 7.74. The predicted octanol–water partition coefficient (Wildman–Crippen LogP) is 3.53. The first kappa shape index (κ1) is 18.6. The van der Waals surface area contributed by atoms with Crippen molar-refractivity contribution >= 4 is 0 Å². The topological polar surface area (TPSA) is 70.2 Å². The molecule has 0 saturated carbocycles. The van der Waals surface area contributed by atoms with E-state index in [1.807, 2.05) is 0 Å². The molecule has 0 fully saturated rings. The van der Waals surface area contributed by atoms with E-state index in [0.29, 0.717) is 5.56 Å². The number of aromatic nitrogens is 3.